The van der Waals surface area contributed by atoms with Crippen LogP contribution >= 0.6 is 11.6 Å². The lowest BCUT2D eigenvalue weighted by atomic mass is 9.74. The Kier molecular flexibility index (Phi) is 4.63. The summed E-state index contributed by atoms with van der Waals surface area (Å²) in [5, 5.41) is 10.4. The van der Waals surface area contributed by atoms with Crippen LogP contribution < -0.4 is 0 Å². The molecule has 1 aromatic carbocycles. The van der Waals surface area contributed by atoms with E-state index in [-0.39, 0.29) is 23.7 Å². The molecule has 2 aliphatic rings. The Labute approximate surface area is 140 Å². The highest BCUT2D eigenvalue weighted by Crippen LogP contribution is 2.42. The zero-order valence-corrected chi connectivity index (χ0v) is 14.0. The van der Waals surface area contributed by atoms with Crippen molar-refractivity contribution in [3.8, 4) is 0 Å². The molecule has 23 heavy (non-hydrogen) atoms. The number of aliphatic hydroxyl groups is 1. The molecule has 0 aliphatic carbocycles. The topological polar surface area (TPSA) is 43.8 Å². The number of nitrogens with zero attached hydrogens (tertiary/aromatic N) is 2. The minimum atomic E-state index is -0.297. The highest BCUT2D eigenvalue weighted by molar-refractivity contribution is 6.30. The van der Waals surface area contributed by atoms with Gasteiger partial charge in [-0.3, -0.25) is 9.69 Å². The number of carbonyl (C=O) groups excluding carboxylic acids is 1. The summed E-state index contributed by atoms with van der Waals surface area (Å²) in [5.74, 6) is 0.0830. The van der Waals surface area contributed by atoms with E-state index < -0.39 is 0 Å². The van der Waals surface area contributed by atoms with Gasteiger partial charge in [-0.1, -0.05) is 17.7 Å². The van der Waals surface area contributed by atoms with E-state index >= 15 is 0 Å². The van der Waals surface area contributed by atoms with Gasteiger partial charge in [0, 0.05) is 49.1 Å². The van der Waals surface area contributed by atoms with Gasteiger partial charge in [0.25, 0.3) is 0 Å². The summed E-state index contributed by atoms with van der Waals surface area (Å²) in [6, 6.07) is 4.74. The molecule has 0 aromatic heterocycles. The predicted octanol–water partition coefficient (Wildman–Crippen LogP) is 2.14. The average molecular weight is 341 g/mol. The molecule has 2 saturated heterocycles. The molecule has 0 radical (unpaired) electrons. The van der Waals surface area contributed by atoms with Gasteiger partial charge in [0.15, 0.2) is 0 Å². The van der Waals surface area contributed by atoms with Crippen molar-refractivity contribution in [1.29, 1.82) is 0 Å². The zero-order valence-electron chi connectivity index (χ0n) is 13.3. The molecule has 2 aliphatic heterocycles. The predicted molar refractivity (Wildman–Crippen MR) is 86.6 cm³/mol. The van der Waals surface area contributed by atoms with Crippen LogP contribution in [0.15, 0.2) is 18.2 Å². The van der Waals surface area contributed by atoms with Gasteiger partial charge in [0.1, 0.15) is 5.82 Å². The highest BCUT2D eigenvalue weighted by atomic mass is 35.5. The highest BCUT2D eigenvalue weighted by Gasteiger charge is 2.49. The van der Waals surface area contributed by atoms with E-state index in [1.165, 1.54) is 6.07 Å². The molecule has 126 valence electrons. The Balaban J connectivity index is 1.73. The summed E-state index contributed by atoms with van der Waals surface area (Å²) in [5.41, 5.74) is 0.328. The first-order valence-electron chi connectivity index (χ1n) is 7.96. The number of amides is 1. The van der Waals surface area contributed by atoms with Crippen molar-refractivity contribution in [2.24, 2.45) is 11.3 Å². The van der Waals surface area contributed by atoms with Crippen LogP contribution in [0.2, 0.25) is 5.02 Å². The van der Waals surface area contributed by atoms with Crippen LogP contribution in [0.5, 0.6) is 0 Å². The van der Waals surface area contributed by atoms with Gasteiger partial charge in [-0.05, 0) is 31.0 Å². The van der Waals surface area contributed by atoms with Crippen LogP contribution in [-0.4, -0.2) is 53.6 Å². The smallest absolute Gasteiger partial charge is 0.219 e. The molecule has 2 fully saturated rings. The van der Waals surface area contributed by atoms with Crippen LogP contribution in [0.3, 0.4) is 0 Å². The van der Waals surface area contributed by atoms with E-state index in [4.69, 9.17) is 11.6 Å². The number of likely N-dealkylation sites (tertiary alicyclic amines) is 2. The summed E-state index contributed by atoms with van der Waals surface area (Å²) in [4.78, 5) is 15.7. The molecular weight excluding hydrogens is 319 g/mol. The molecule has 0 bridgehead atoms. The summed E-state index contributed by atoms with van der Waals surface area (Å²) < 4.78 is 14.0. The lowest BCUT2D eigenvalue weighted by Gasteiger charge is -2.43. The molecule has 1 N–H and O–H groups in total. The van der Waals surface area contributed by atoms with Crippen molar-refractivity contribution in [2.75, 3.05) is 32.8 Å². The Morgan fingerprint density at radius 2 is 2.26 bits per heavy atom. The van der Waals surface area contributed by atoms with Crippen LogP contribution in [0.4, 0.5) is 4.39 Å². The second-order valence-corrected chi connectivity index (χ2v) is 7.29. The molecule has 2 heterocycles. The van der Waals surface area contributed by atoms with Gasteiger partial charge in [-0.25, -0.2) is 4.39 Å². The fraction of sp³-hybridized carbons (Fsp3) is 0.588. The lowest BCUT2D eigenvalue weighted by molar-refractivity contribution is -0.128. The Bertz CT molecular complexity index is 612. The number of hydrogen-bond acceptors (Lipinski definition) is 3. The average Bonchev–Trinajstić information content (AvgIpc) is 2.90. The van der Waals surface area contributed by atoms with Crippen molar-refractivity contribution < 1.29 is 14.3 Å². The SMILES string of the molecule is CC(=O)N1C[C@@H]2CCN(Cc3ccc(Cl)cc3F)C[C@]2(CO)C1. The van der Waals surface area contributed by atoms with E-state index in [1.54, 1.807) is 19.1 Å². The molecule has 3 rings (SSSR count). The minimum Gasteiger partial charge on any atom is -0.396 e. The van der Waals surface area contributed by atoms with Crippen molar-refractivity contribution >= 4 is 17.5 Å². The fourth-order valence-corrected chi connectivity index (χ4v) is 4.13. The largest absolute Gasteiger partial charge is 0.396 e. The second-order valence-electron chi connectivity index (χ2n) is 6.85. The number of piperidine rings is 1. The van der Waals surface area contributed by atoms with Gasteiger partial charge in [-0.15, -0.1) is 0 Å². The molecule has 0 saturated carbocycles. The van der Waals surface area contributed by atoms with Gasteiger partial charge >= 0.3 is 0 Å². The summed E-state index contributed by atoms with van der Waals surface area (Å²) in [6.07, 6.45) is 0.916. The molecule has 4 nitrogen and oxygen atoms in total. The van der Waals surface area contributed by atoms with Crippen LogP contribution in [0, 0.1) is 17.2 Å². The maximum Gasteiger partial charge on any atom is 0.219 e. The van der Waals surface area contributed by atoms with Crippen LogP contribution in [0.1, 0.15) is 18.9 Å². The van der Waals surface area contributed by atoms with Crippen molar-refractivity contribution in [3.05, 3.63) is 34.6 Å². The van der Waals surface area contributed by atoms with Crippen molar-refractivity contribution in [3.63, 3.8) is 0 Å². The number of fused-ring (bicyclic) bond motifs is 1. The van der Waals surface area contributed by atoms with E-state index in [1.807, 2.05) is 4.90 Å². The lowest BCUT2D eigenvalue weighted by Crippen LogP contribution is -2.50. The molecule has 6 heteroatoms. The summed E-state index contributed by atoms with van der Waals surface area (Å²) in [7, 11) is 0. The number of hydrogen-bond donors (Lipinski definition) is 1. The normalized spacial score (nSPS) is 28.0. The first-order valence-corrected chi connectivity index (χ1v) is 8.34. The van der Waals surface area contributed by atoms with Gasteiger partial charge in [-0.2, -0.15) is 0 Å². The Morgan fingerprint density at radius 1 is 1.48 bits per heavy atom. The third-order valence-corrected chi connectivity index (χ3v) is 5.55. The van der Waals surface area contributed by atoms with Crippen LogP contribution in [-0.2, 0) is 11.3 Å². The number of halogens is 2. The number of aliphatic hydroxyl groups excluding tert-OH is 1. The van der Waals surface area contributed by atoms with Crippen LogP contribution in [0.25, 0.3) is 0 Å². The molecule has 1 amide bonds. The molecule has 1 aromatic rings. The first-order chi connectivity index (χ1) is 10.9. The summed E-state index contributed by atoms with van der Waals surface area (Å²) >= 11 is 5.80. The second kappa shape index (κ2) is 6.38. The van der Waals surface area contributed by atoms with E-state index in [2.05, 4.69) is 4.90 Å². The molecular formula is C17H22ClFN2O2. The Morgan fingerprint density at radius 3 is 2.91 bits per heavy atom. The molecule has 2 atom stereocenters. The maximum absolute atomic E-state index is 14.0. The number of carbonyl (C=O) groups is 1. The number of rotatable bonds is 3. The van der Waals surface area contributed by atoms with Crippen molar-refractivity contribution in [1.82, 2.24) is 9.80 Å². The minimum absolute atomic E-state index is 0.0566. The van der Waals surface area contributed by atoms with E-state index in [0.717, 1.165) is 19.5 Å². The van der Waals surface area contributed by atoms with Gasteiger partial charge < -0.3 is 10.0 Å². The molecule has 0 unspecified atom stereocenters. The maximum atomic E-state index is 14.0. The Hall–Kier alpha value is -1.17. The van der Waals surface area contributed by atoms with E-state index in [0.29, 0.717) is 36.1 Å². The summed E-state index contributed by atoms with van der Waals surface area (Å²) in [6.45, 7) is 4.96. The fourth-order valence-electron chi connectivity index (χ4n) is 3.97. The monoisotopic (exact) mass is 340 g/mol. The zero-order chi connectivity index (χ0) is 16.6. The standard InChI is InChI=1S/C17H22ClFN2O2/c1-12(23)21-8-14-4-5-20(9-17(14,10-21)11-22)7-13-2-3-15(18)6-16(13)19/h2-3,6,14,22H,4-5,7-11H2,1H3/t14-,17+/m0/s1. The van der Waals surface area contributed by atoms with Gasteiger partial charge in [0.2, 0.25) is 5.91 Å². The van der Waals surface area contributed by atoms with Gasteiger partial charge in [0.05, 0.1) is 6.61 Å². The quantitative estimate of drug-likeness (QED) is 0.917. The van der Waals surface area contributed by atoms with E-state index in [9.17, 15) is 14.3 Å². The third-order valence-electron chi connectivity index (χ3n) is 5.31. The third kappa shape index (κ3) is 3.23. The first kappa shape index (κ1) is 16.7. The van der Waals surface area contributed by atoms with Crippen molar-refractivity contribution in [2.45, 2.75) is 19.9 Å². The number of benzene rings is 1. The molecule has 0 spiro atoms.